The summed E-state index contributed by atoms with van der Waals surface area (Å²) < 4.78 is 5.15. The number of hydrogen-bond donors (Lipinski definition) is 1. The van der Waals surface area contributed by atoms with E-state index in [9.17, 15) is 19.7 Å². The zero-order valence-electron chi connectivity index (χ0n) is 13.5. The number of amides is 1. The minimum absolute atomic E-state index is 0.118. The highest BCUT2D eigenvalue weighted by Crippen LogP contribution is 2.24. The molecule has 0 fully saturated rings. The number of hydrogen-bond acceptors (Lipinski definition) is 5. The van der Waals surface area contributed by atoms with Crippen LogP contribution in [0.1, 0.15) is 21.5 Å². The second-order valence-corrected chi connectivity index (χ2v) is 5.62. The average Bonchev–Trinajstić information content (AvgIpc) is 2.54. The molecule has 7 nitrogen and oxygen atoms in total. The third-order valence-corrected chi connectivity index (χ3v) is 3.96. The predicted molar refractivity (Wildman–Crippen MR) is 93.0 cm³/mol. The zero-order valence-corrected chi connectivity index (χ0v) is 13.5. The van der Waals surface area contributed by atoms with E-state index in [1.165, 1.54) is 31.2 Å². The number of nitrogens with zero attached hydrogens (tertiary/aromatic N) is 1. The van der Waals surface area contributed by atoms with Crippen molar-refractivity contribution in [3.05, 3.63) is 79.7 Å². The maximum atomic E-state index is 12.5. The van der Waals surface area contributed by atoms with E-state index in [-0.39, 0.29) is 16.8 Å². The van der Waals surface area contributed by atoms with E-state index in [1.807, 2.05) is 0 Å². The lowest BCUT2D eigenvalue weighted by Crippen LogP contribution is -2.14. The summed E-state index contributed by atoms with van der Waals surface area (Å²) in [6, 6.07) is 10.7. The van der Waals surface area contributed by atoms with Crippen LogP contribution in [0, 0.1) is 24.0 Å². The largest absolute Gasteiger partial charge is 0.423 e. The van der Waals surface area contributed by atoms with Crippen LogP contribution >= 0.6 is 0 Å². The summed E-state index contributed by atoms with van der Waals surface area (Å²) in [6.45, 7) is 3.32. The van der Waals surface area contributed by atoms with Gasteiger partial charge in [-0.15, -0.1) is 0 Å². The van der Waals surface area contributed by atoms with Gasteiger partial charge < -0.3 is 9.73 Å². The lowest BCUT2D eigenvalue weighted by atomic mass is 10.1. The van der Waals surface area contributed by atoms with Crippen molar-refractivity contribution in [1.29, 1.82) is 0 Å². The first-order valence-electron chi connectivity index (χ1n) is 7.46. The number of benzene rings is 2. The van der Waals surface area contributed by atoms with E-state index in [0.29, 0.717) is 11.3 Å². The van der Waals surface area contributed by atoms with Crippen LogP contribution in [-0.4, -0.2) is 10.8 Å². The Bertz CT molecular complexity index is 1070. The number of aryl methyl sites for hydroxylation is 1. The topological polar surface area (TPSA) is 102 Å². The quantitative estimate of drug-likeness (QED) is 0.447. The van der Waals surface area contributed by atoms with Crippen molar-refractivity contribution in [2.75, 3.05) is 5.32 Å². The molecule has 0 bridgehead atoms. The van der Waals surface area contributed by atoms with Crippen LogP contribution in [0.3, 0.4) is 0 Å². The van der Waals surface area contributed by atoms with Gasteiger partial charge in [-0.2, -0.15) is 0 Å². The van der Waals surface area contributed by atoms with Gasteiger partial charge in [0.15, 0.2) is 0 Å². The minimum atomic E-state index is -0.528. The summed E-state index contributed by atoms with van der Waals surface area (Å²) in [6.07, 6.45) is 0. The molecule has 0 aliphatic carbocycles. The average molecular weight is 338 g/mol. The molecule has 0 saturated carbocycles. The van der Waals surface area contributed by atoms with E-state index in [0.717, 1.165) is 10.9 Å². The van der Waals surface area contributed by atoms with Gasteiger partial charge in [-0.1, -0.05) is 6.07 Å². The second-order valence-electron chi connectivity index (χ2n) is 5.62. The van der Waals surface area contributed by atoms with Crippen molar-refractivity contribution < 1.29 is 14.1 Å². The predicted octanol–water partition coefficient (Wildman–Crippen LogP) is 3.57. The molecule has 0 aliphatic rings. The molecule has 0 atom stereocenters. The van der Waals surface area contributed by atoms with Crippen LogP contribution in [-0.2, 0) is 0 Å². The maximum absolute atomic E-state index is 12.5. The van der Waals surface area contributed by atoms with E-state index in [2.05, 4.69) is 5.32 Å². The Balaban J connectivity index is 1.96. The zero-order chi connectivity index (χ0) is 18.1. The molecule has 0 saturated heterocycles. The van der Waals surface area contributed by atoms with Crippen LogP contribution in [0.15, 0.2) is 51.7 Å². The summed E-state index contributed by atoms with van der Waals surface area (Å²) in [7, 11) is 0. The summed E-state index contributed by atoms with van der Waals surface area (Å²) in [4.78, 5) is 34.4. The SMILES string of the molecule is Cc1c(C(=O)Nc2ccc3c(C)cc(=O)oc3c2)cccc1[N+](=O)[O-]. The van der Waals surface area contributed by atoms with Crippen LogP contribution in [0.25, 0.3) is 11.0 Å². The first-order chi connectivity index (χ1) is 11.9. The fraction of sp³-hybridized carbons (Fsp3) is 0.111. The molecule has 2 aromatic carbocycles. The lowest BCUT2D eigenvalue weighted by Gasteiger charge is -2.09. The fourth-order valence-corrected chi connectivity index (χ4v) is 2.67. The van der Waals surface area contributed by atoms with Crippen LogP contribution in [0.5, 0.6) is 0 Å². The standard InChI is InChI=1S/C18H14N2O5/c1-10-8-17(21)25-16-9-12(6-7-13(10)16)19-18(22)14-4-3-5-15(11(14)2)20(23)24/h3-9H,1-2H3,(H,19,22). The van der Waals surface area contributed by atoms with E-state index in [1.54, 1.807) is 25.1 Å². The van der Waals surface area contributed by atoms with Crippen LogP contribution in [0.4, 0.5) is 11.4 Å². The molecular weight excluding hydrogens is 324 g/mol. The number of nitro groups is 1. The van der Waals surface area contributed by atoms with Crippen molar-refractivity contribution in [3.63, 3.8) is 0 Å². The van der Waals surface area contributed by atoms with Crippen molar-refractivity contribution in [1.82, 2.24) is 0 Å². The molecule has 1 aromatic heterocycles. The van der Waals surface area contributed by atoms with Crippen molar-refractivity contribution in [3.8, 4) is 0 Å². The number of anilines is 1. The molecule has 1 N–H and O–H groups in total. The number of carbonyl (C=O) groups excluding carboxylic acids is 1. The van der Waals surface area contributed by atoms with Gasteiger partial charge in [0.2, 0.25) is 0 Å². The van der Waals surface area contributed by atoms with Gasteiger partial charge in [0.1, 0.15) is 5.58 Å². The molecule has 7 heteroatoms. The van der Waals surface area contributed by atoms with Gasteiger partial charge in [-0.3, -0.25) is 14.9 Å². The summed E-state index contributed by atoms with van der Waals surface area (Å²) in [5, 5.41) is 14.4. The summed E-state index contributed by atoms with van der Waals surface area (Å²) >= 11 is 0. The van der Waals surface area contributed by atoms with Crippen molar-refractivity contribution in [2.45, 2.75) is 13.8 Å². The normalized spacial score (nSPS) is 10.6. The number of rotatable bonds is 3. The summed E-state index contributed by atoms with van der Waals surface area (Å²) in [5.74, 6) is -0.476. The van der Waals surface area contributed by atoms with Gasteiger partial charge in [0, 0.05) is 40.4 Å². The molecule has 0 aliphatic heterocycles. The van der Waals surface area contributed by atoms with Crippen LogP contribution < -0.4 is 10.9 Å². The number of nitrogens with one attached hydrogen (secondary N) is 1. The molecule has 3 aromatic rings. The minimum Gasteiger partial charge on any atom is -0.423 e. The number of nitro benzene ring substituents is 1. The first-order valence-corrected chi connectivity index (χ1v) is 7.46. The molecule has 1 amide bonds. The van der Waals surface area contributed by atoms with Crippen molar-refractivity contribution >= 4 is 28.3 Å². The molecule has 0 unspecified atom stereocenters. The van der Waals surface area contributed by atoms with E-state index in [4.69, 9.17) is 4.42 Å². The van der Waals surface area contributed by atoms with Gasteiger partial charge in [0.25, 0.3) is 11.6 Å². The smallest absolute Gasteiger partial charge is 0.336 e. The molecule has 0 spiro atoms. The molecule has 0 radical (unpaired) electrons. The Hall–Kier alpha value is -3.48. The Morgan fingerprint density at radius 2 is 1.92 bits per heavy atom. The Morgan fingerprint density at radius 3 is 2.64 bits per heavy atom. The first kappa shape index (κ1) is 16.4. The summed E-state index contributed by atoms with van der Waals surface area (Å²) in [5.41, 5.74) is 1.47. The van der Waals surface area contributed by atoms with Gasteiger partial charge in [-0.05, 0) is 37.6 Å². The van der Waals surface area contributed by atoms with Gasteiger partial charge in [0.05, 0.1) is 4.92 Å². The number of fused-ring (bicyclic) bond motifs is 1. The monoisotopic (exact) mass is 338 g/mol. The number of carbonyl (C=O) groups is 1. The highest BCUT2D eigenvalue weighted by Gasteiger charge is 2.18. The van der Waals surface area contributed by atoms with E-state index >= 15 is 0 Å². The maximum Gasteiger partial charge on any atom is 0.336 e. The van der Waals surface area contributed by atoms with Crippen molar-refractivity contribution in [2.24, 2.45) is 0 Å². The highest BCUT2D eigenvalue weighted by atomic mass is 16.6. The molecule has 25 heavy (non-hydrogen) atoms. The third-order valence-electron chi connectivity index (χ3n) is 3.96. The molecule has 3 rings (SSSR count). The van der Waals surface area contributed by atoms with Gasteiger partial charge >= 0.3 is 5.63 Å². The lowest BCUT2D eigenvalue weighted by molar-refractivity contribution is -0.385. The molecular formula is C18H14N2O5. The fourth-order valence-electron chi connectivity index (χ4n) is 2.67. The highest BCUT2D eigenvalue weighted by molar-refractivity contribution is 6.06. The molecule has 126 valence electrons. The second kappa shape index (κ2) is 6.20. The van der Waals surface area contributed by atoms with Crippen LogP contribution in [0.2, 0.25) is 0 Å². The Morgan fingerprint density at radius 1 is 1.16 bits per heavy atom. The molecule has 1 heterocycles. The third kappa shape index (κ3) is 3.12. The Kier molecular flexibility index (Phi) is 4.06. The van der Waals surface area contributed by atoms with Gasteiger partial charge in [-0.25, -0.2) is 4.79 Å². The Labute approximate surface area is 142 Å². The van der Waals surface area contributed by atoms with E-state index < -0.39 is 16.5 Å².